The molecule has 7 heteroatoms. The molecule has 0 aliphatic heterocycles. The predicted molar refractivity (Wildman–Crippen MR) is 87.2 cm³/mol. The summed E-state index contributed by atoms with van der Waals surface area (Å²) in [6, 6.07) is 1.37. The van der Waals surface area contributed by atoms with Crippen molar-refractivity contribution < 1.29 is 19.1 Å². The van der Waals surface area contributed by atoms with E-state index in [-0.39, 0.29) is 22.7 Å². The van der Waals surface area contributed by atoms with Crippen LogP contribution in [0.3, 0.4) is 0 Å². The van der Waals surface area contributed by atoms with Crippen LogP contribution in [0.2, 0.25) is 0 Å². The van der Waals surface area contributed by atoms with E-state index in [0.717, 1.165) is 17.1 Å². The number of amides is 1. The average Bonchev–Trinajstić information content (AvgIpc) is 3.02. The van der Waals surface area contributed by atoms with Crippen LogP contribution in [0.25, 0.3) is 0 Å². The molecule has 2 aromatic heterocycles. The summed E-state index contributed by atoms with van der Waals surface area (Å²) in [4.78, 5) is 27.9. The average molecular weight is 336 g/mol. The zero-order valence-electron chi connectivity index (χ0n) is 13.8. The molecule has 2 rings (SSSR count). The molecule has 6 nitrogen and oxygen atoms in total. The predicted octanol–water partition coefficient (Wildman–Crippen LogP) is 3.67. The number of aromatic carboxylic acids is 1. The van der Waals surface area contributed by atoms with Gasteiger partial charge in [0.05, 0.1) is 17.3 Å². The molecular formula is C16H20N2O4S. The highest BCUT2D eigenvalue weighted by atomic mass is 32.1. The molecule has 0 fully saturated rings. The van der Waals surface area contributed by atoms with Gasteiger partial charge in [-0.1, -0.05) is 13.8 Å². The van der Waals surface area contributed by atoms with Gasteiger partial charge in [-0.2, -0.15) is 0 Å². The Labute approximate surface area is 138 Å². The highest BCUT2D eigenvalue weighted by molar-refractivity contribution is 7.13. The molecule has 2 aromatic rings. The van der Waals surface area contributed by atoms with Crippen LogP contribution in [0, 0.1) is 13.8 Å². The normalized spacial score (nSPS) is 12.4. The molecule has 2 N–H and O–H groups in total. The molecule has 0 aromatic carbocycles. The first-order valence-corrected chi connectivity index (χ1v) is 8.14. The number of carbonyl (C=O) groups excluding carboxylic acids is 1. The van der Waals surface area contributed by atoms with Gasteiger partial charge >= 0.3 is 5.97 Å². The zero-order chi connectivity index (χ0) is 17.3. The van der Waals surface area contributed by atoms with E-state index in [0.29, 0.717) is 22.0 Å². The van der Waals surface area contributed by atoms with Gasteiger partial charge in [-0.05, 0) is 26.8 Å². The van der Waals surface area contributed by atoms with E-state index >= 15 is 0 Å². The Kier molecular flexibility index (Phi) is 4.89. The Balaban J connectivity index is 2.16. The van der Waals surface area contributed by atoms with E-state index in [1.807, 2.05) is 13.8 Å². The molecule has 0 spiro atoms. The first kappa shape index (κ1) is 17.2. The Hall–Kier alpha value is -2.15. The number of aryl methyl sites for hydroxylation is 2. The highest BCUT2D eigenvalue weighted by Crippen LogP contribution is 2.25. The van der Waals surface area contributed by atoms with Gasteiger partial charge in [0, 0.05) is 5.92 Å². The third-order valence-electron chi connectivity index (χ3n) is 3.48. The summed E-state index contributed by atoms with van der Waals surface area (Å²) in [5.74, 6) is 0.276. The van der Waals surface area contributed by atoms with Gasteiger partial charge in [-0.15, -0.1) is 11.3 Å². The van der Waals surface area contributed by atoms with Crippen molar-refractivity contribution in [1.82, 2.24) is 10.3 Å². The molecule has 0 saturated heterocycles. The second-order valence-electron chi connectivity index (χ2n) is 5.74. The van der Waals surface area contributed by atoms with Crippen LogP contribution in [0.15, 0.2) is 10.5 Å². The number of carbonyl (C=O) groups is 2. The van der Waals surface area contributed by atoms with Crippen LogP contribution >= 0.6 is 11.3 Å². The maximum absolute atomic E-state index is 12.4. The van der Waals surface area contributed by atoms with Gasteiger partial charge in [-0.25, -0.2) is 9.78 Å². The van der Waals surface area contributed by atoms with Crippen LogP contribution in [-0.4, -0.2) is 22.0 Å². The zero-order valence-corrected chi connectivity index (χ0v) is 14.6. The second-order valence-corrected chi connectivity index (χ2v) is 6.77. The first-order valence-electron chi connectivity index (χ1n) is 7.32. The van der Waals surface area contributed by atoms with E-state index in [2.05, 4.69) is 10.3 Å². The number of thiazole rings is 1. The maximum Gasteiger partial charge on any atom is 0.347 e. The minimum atomic E-state index is -1.00. The third kappa shape index (κ3) is 3.61. The van der Waals surface area contributed by atoms with Crippen molar-refractivity contribution in [3.63, 3.8) is 0 Å². The molecule has 0 aliphatic rings. The summed E-state index contributed by atoms with van der Waals surface area (Å²) in [5.41, 5.74) is 0.951. The molecule has 0 aliphatic carbocycles. The van der Waals surface area contributed by atoms with Gasteiger partial charge in [-0.3, -0.25) is 4.79 Å². The lowest BCUT2D eigenvalue weighted by atomic mass is 10.1. The minimum Gasteiger partial charge on any atom is -0.477 e. The molecule has 23 heavy (non-hydrogen) atoms. The Morgan fingerprint density at radius 2 is 1.96 bits per heavy atom. The lowest BCUT2D eigenvalue weighted by molar-refractivity contribution is 0.0700. The molecule has 0 radical (unpaired) electrons. The summed E-state index contributed by atoms with van der Waals surface area (Å²) in [5, 5.41) is 12.5. The number of rotatable bonds is 5. The Morgan fingerprint density at radius 3 is 2.43 bits per heavy atom. The van der Waals surface area contributed by atoms with Crippen molar-refractivity contribution in [1.29, 1.82) is 0 Å². The lowest BCUT2D eigenvalue weighted by Gasteiger charge is -2.10. The van der Waals surface area contributed by atoms with Crippen molar-refractivity contribution >= 4 is 23.2 Å². The number of nitrogens with one attached hydrogen (secondary N) is 1. The molecule has 1 amide bonds. The van der Waals surface area contributed by atoms with E-state index in [4.69, 9.17) is 9.52 Å². The monoisotopic (exact) mass is 336 g/mol. The molecule has 0 saturated carbocycles. The van der Waals surface area contributed by atoms with E-state index < -0.39 is 5.97 Å². The molecule has 2 heterocycles. The van der Waals surface area contributed by atoms with Gasteiger partial charge in [0.15, 0.2) is 0 Å². The van der Waals surface area contributed by atoms with Gasteiger partial charge < -0.3 is 14.8 Å². The molecule has 0 bridgehead atoms. The Bertz CT molecular complexity index is 745. The van der Waals surface area contributed by atoms with Crippen molar-refractivity contribution in [3.8, 4) is 0 Å². The topological polar surface area (TPSA) is 92.4 Å². The minimum absolute atomic E-state index is 0.197. The van der Waals surface area contributed by atoms with Crippen molar-refractivity contribution in [3.05, 3.63) is 38.7 Å². The number of aromatic nitrogens is 1. The van der Waals surface area contributed by atoms with E-state index in [9.17, 15) is 9.59 Å². The summed E-state index contributed by atoms with van der Waals surface area (Å²) >= 11 is 1.08. The number of furan rings is 1. The van der Waals surface area contributed by atoms with Crippen LogP contribution in [0.4, 0.5) is 0 Å². The van der Waals surface area contributed by atoms with Gasteiger partial charge in [0.1, 0.15) is 21.4 Å². The number of carboxylic acid groups (broad SMARTS) is 1. The van der Waals surface area contributed by atoms with Gasteiger partial charge in [0.25, 0.3) is 5.91 Å². The number of hydrogen-bond donors (Lipinski definition) is 2. The molecular weight excluding hydrogens is 316 g/mol. The van der Waals surface area contributed by atoms with Crippen LogP contribution in [0.1, 0.15) is 75.0 Å². The van der Waals surface area contributed by atoms with Gasteiger partial charge in [0.2, 0.25) is 0 Å². The smallest absolute Gasteiger partial charge is 0.347 e. The number of hydrogen-bond acceptors (Lipinski definition) is 5. The number of carboxylic acids is 1. The standard InChI is InChI=1S/C16H20N2O4S/c1-7(2)12-6-11(10(5)22-12)14(19)17-9(4)15-18-8(3)13(23-15)16(20)21/h6-7,9H,1-5H3,(H,17,19)(H,20,21). The Morgan fingerprint density at radius 1 is 1.30 bits per heavy atom. The molecule has 124 valence electrons. The largest absolute Gasteiger partial charge is 0.477 e. The fourth-order valence-corrected chi connectivity index (χ4v) is 3.06. The summed E-state index contributed by atoms with van der Waals surface area (Å²) in [6.45, 7) is 9.16. The quantitative estimate of drug-likeness (QED) is 0.869. The summed E-state index contributed by atoms with van der Waals surface area (Å²) in [7, 11) is 0. The van der Waals surface area contributed by atoms with E-state index in [1.54, 1.807) is 26.8 Å². The summed E-state index contributed by atoms with van der Waals surface area (Å²) in [6.07, 6.45) is 0. The second kappa shape index (κ2) is 6.54. The first-order chi connectivity index (χ1) is 10.7. The highest BCUT2D eigenvalue weighted by Gasteiger charge is 2.22. The molecule has 1 atom stereocenters. The SMILES string of the molecule is Cc1nc(C(C)NC(=O)c2cc(C(C)C)oc2C)sc1C(=O)O. The van der Waals surface area contributed by atoms with Crippen LogP contribution in [0.5, 0.6) is 0 Å². The third-order valence-corrected chi connectivity index (χ3v) is 4.80. The maximum atomic E-state index is 12.4. The van der Waals surface area contributed by atoms with Crippen LogP contribution < -0.4 is 5.32 Å². The van der Waals surface area contributed by atoms with Crippen molar-refractivity contribution in [2.24, 2.45) is 0 Å². The summed E-state index contributed by atoms with van der Waals surface area (Å²) < 4.78 is 5.59. The van der Waals surface area contributed by atoms with Crippen LogP contribution in [-0.2, 0) is 0 Å². The van der Waals surface area contributed by atoms with Crippen molar-refractivity contribution in [2.45, 2.75) is 46.6 Å². The number of nitrogens with zero attached hydrogens (tertiary/aromatic N) is 1. The fraction of sp³-hybridized carbons (Fsp3) is 0.438. The fourth-order valence-electron chi connectivity index (χ4n) is 2.15. The van der Waals surface area contributed by atoms with Crippen molar-refractivity contribution in [2.75, 3.05) is 0 Å². The molecule has 1 unspecified atom stereocenters. The van der Waals surface area contributed by atoms with E-state index in [1.165, 1.54) is 0 Å². The lowest BCUT2D eigenvalue weighted by Crippen LogP contribution is -2.26.